The van der Waals surface area contributed by atoms with Gasteiger partial charge in [0.05, 0.1) is 5.75 Å². The number of nitrogens with one attached hydrogen (secondary N) is 1. The van der Waals surface area contributed by atoms with Gasteiger partial charge in [0.1, 0.15) is 0 Å². The molecule has 2 aromatic heterocycles. The molecule has 0 spiro atoms. The summed E-state index contributed by atoms with van der Waals surface area (Å²) in [6.45, 7) is -1.49. The lowest BCUT2D eigenvalue weighted by Crippen LogP contribution is -2.26. The summed E-state index contributed by atoms with van der Waals surface area (Å²) in [6, 6.07) is 22.2. The molecular weight excluding hydrogens is 479 g/mol. The minimum Gasteiger partial charge on any atom is -0.468 e. The van der Waals surface area contributed by atoms with Crippen molar-refractivity contribution in [2.45, 2.75) is 17.9 Å². The Balaban J connectivity index is 1.44. The number of para-hydroxylation sites is 1. The van der Waals surface area contributed by atoms with E-state index in [1.165, 1.54) is 18.0 Å². The molecule has 0 aliphatic rings. The van der Waals surface area contributed by atoms with E-state index in [9.17, 15) is 18.0 Å². The molecule has 0 unspecified atom stereocenters. The second-order valence-electron chi connectivity index (χ2n) is 7.28. The van der Waals surface area contributed by atoms with Crippen LogP contribution < -0.4 is 10.1 Å². The summed E-state index contributed by atoms with van der Waals surface area (Å²) in [5.41, 5.74) is 2.07. The van der Waals surface area contributed by atoms with E-state index in [2.05, 4.69) is 20.5 Å². The highest BCUT2D eigenvalue weighted by atomic mass is 32.2. The van der Waals surface area contributed by atoms with Gasteiger partial charge in [-0.05, 0) is 18.2 Å². The minimum absolute atomic E-state index is 0.0265. The highest BCUT2D eigenvalue weighted by Crippen LogP contribution is 2.28. The van der Waals surface area contributed by atoms with Gasteiger partial charge in [0.25, 0.3) is 0 Å². The second kappa shape index (κ2) is 11.0. The van der Waals surface area contributed by atoms with Crippen molar-refractivity contribution in [1.82, 2.24) is 25.1 Å². The molecule has 4 aromatic rings. The Labute approximate surface area is 203 Å². The molecule has 1 amide bonds. The van der Waals surface area contributed by atoms with Gasteiger partial charge in [-0.1, -0.05) is 66.4 Å². The molecule has 1 N–H and O–H groups in total. The van der Waals surface area contributed by atoms with Crippen molar-refractivity contribution in [3.63, 3.8) is 0 Å². The van der Waals surface area contributed by atoms with Crippen molar-refractivity contribution in [2.75, 3.05) is 12.4 Å². The lowest BCUT2D eigenvalue weighted by Gasteiger charge is -2.12. The van der Waals surface area contributed by atoms with E-state index in [1.807, 2.05) is 65.2 Å². The quantitative estimate of drug-likeness (QED) is 0.337. The maximum absolute atomic E-state index is 12.5. The summed E-state index contributed by atoms with van der Waals surface area (Å²) in [6.07, 6.45) is -3.16. The van der Waals surface area contributed by atoms with Crippen LogP contribution in [0, 0.1) is 0 Å². The first-order valence-corrected chi connectivity index (χ1v) is 11.5. The molecule has 180 valence electrons. The lowest BCUT2D eigenvalue weighted by atomic mass is 10.2. The molecule has 11 heteroatoms. The van der Waals surface area contributed by atoms with Crippen molar-refractivity contribution in [3.05, 3.63) is 84.6 Å². The molecule has 0 fully saturated rings. The molecule has 2 aromatic carbocycles. The molecule has 2 heterocycles. The largest absolute Gasteiger partial charge is 0.468 e. The maximum Gasteiger partial charge on any atom is 0.422 e. The van der Waals surface area contributed by atoms with E-state index in [-0.39, 0.29) is 24.1 Å². The van der Waals surface area contributed by atoms with Crippen LogP contribution in [-0.4, -0.2) is 44.2 Å². The van der Waals surface area contributed by atoms with Crippen molar-refractivity contribution in [1.29, 1.82) is 0 Å². The Morgan fingerprint density at radius 1 is 0.971 bits per heavy atom. The van der Waals surface area contributed by atoms with E-state index in [4.69, 9.17) is 4.74 Å². The minimum atomic E-state index is -4.48. The molecule has 0 bridgehead atoms. The summed E-state index contributed by atoms with van der Waals surface area (Å²) in [4.78, 5) is 16.3. The van der Waals surface area contributed by atoms with Crippen molar-refractivity contribution in [2.24, 2.45) is 0 Å². The van der Waals surface area contributed by atoms with Gasteiger partial charge in [-0.3, -0.25) is 9.36 Å². The van der Waals surface area contributed by atoms with E-state index in [1.54, 1.807) is 12.1 Å². The second-order valence-corrected chi connectivity index (χ2v) is 8.22. The van der Waals surface area contributed by atoms with Crippen LogP contribution >= 0.6 is 11.8 Å². The average molecular weight is 500 g/mol. The number of nitrogens with zero attached hydrogens (tertiary/aromatic N) is 4. The number of aromatic nitrogens is 4. The molecule has 0 atom stereocenters. The van der Waals surface area contributed by atoms with Crippen LogP contribution in [0.5, 0.6) is 5.88 Å². The zero-order valence-corrected chi connectivity index (χ0v) is 19.1. The number of amides is 1. The van der Waals surface area contributed by atoms with Gasteiger partial charge in [-0.25, -0.2) is 4.98 Å². The van der Waals surface area contributed by atoms with E-state index >= 15 is 0 Å². The molecule has 0 aliphatic carbocycles. The van der Waals surface area contributed by atoms with Gasteiger partial charge in [0.15, 0.2) is 17.6 Å². The Kier molecular flexibility index (Phi) is 7.66. The van der Waals surface area contributed by atoms with Gasteiger partial charge >= 0.3 is 6.18 Å². The first-order chi connectivity index (χ1) is 16.9. The monoisotopic (exact) mass is 499 g/mol. The zero-order chi connectivity index (χ0) is 24.7. The number of halogens is 3. The predicted octanol–water partition coefficient (Wildman–Crippen LogP) is 4.68. The number of thioether (sulfide) groups is 1. The van der Waals surface area contributed by atoms with Gasteiger partial charge in [0.2, 0.25) is 11.8 Å². The van der Waals surface area contributed by atoms with Crippen LogP contribution in [0.15, 0.2) is 84.1 Å². The predicted molar refractivity (Wildman–Crippen MR) is 125 cm³/mol. The van der Waals surface area contributed by atoms with Crippen LogP contribution in [0.1, 0.15) is 5.56 Å². The normalized spacial score (nSPS) is 11.3. The third kappa shape index (κ3) is 6.60. The number of hydrogen-bond acceptors (Lipinski definition) is 6. The Bertz CT molecular complexity index is 1270. The molecule has 7 nitrogen and oxygen atoms in total. The first kappa shape index (κ1) is 24.3. The molecule has 0 saturated carbocycles. The van der Waals surface area contributed by atoms with E-state index < -0.39 is 12.8 Å². The van der Waals surface area contributed by atoms with Crippen LogP contribution in [0.2, 0.25) is 0 Å². The first-order valence-electron chi connectivity index (χ1n) is 10.5. The summed E-state index contributed by atoms with van der Waals surface area (Å²) in [7, 11) is 0. The number of rotatable bonds is 9. The standard InChI is InChI=1S/C24H20F3N5O2S/c25-24(26,27)16-34-22-18(10-7-13-28-22)14-29-20(33)15-35-23-31-30-21(17-8-3-1-4-9-17)32(23)19-11-5-2-6-12-19/h1-13H,14-16H2,(H,29,33). The number of benzene rings is 2. The number of carbonyl (C=O) groups is 1. The van der Waals surface area contributed by atoms with Crippen molar-refractivity contribution >= 4 is 17.7 Å². The summed E-state index contributed by atoms with van der Waals surface area (Å²) < 4.78 is 44.1. The molecule has 35 heavy (non-hydrogen) atoms. The number of pyridine rings is 1. The van der Waals surface area contributed by atoms with Crippen molar-refractivity contribution in [3.8, 4) is 23.0 Å². The Morgan fingerprint density at radius 2 is 1.69 bits per heavy atom. The fourth-order valence-electron chi connectivity index (χ4n) is 3.16. The van der Waals surface area contributed by atoms with Gasteiger partial charge < -0.3 is 10.1 Å². The molecule has 4 rings (SSSR count). The Hall–Kier alpha value is -3.86. The summed E-state index contributed by atoms with van der Waals surface area (Å²) in [5.74, 6) is 0.166. The number of carbonyl (C=O) groups excluding carboxylic acids is 1. The highest BCUT2D eigenvalue weighted by Gasteiger charge is 2.29. The van der Waals surface area contributed by atoms with Crippen molar-refractivity contribution < 1.29 is 22.7 Å². The third-order valence-corrected chi connectivity index (χ3v) is 5.64. The Morgan fingerprint density at radius 3 is 2.40 bits per heavy atom. The molecule has 0 radical (unpaired) electrons. The summed E-state index contributed by atoms with van der Waals surface area (Å²) in [5, 5.41) is 11.8. The molecule has 0 saturated heterocycles. The van der Waals surface area contributed by atoms with Crippen LogP contribution in [0.4, 0.5) is 13.2 Å². The number of ether oxygens (including phenoxy) is 1. The highest BCUT2D eigenvalue weighted by molar-refractivity contribution is 7.99. The van der Waals surface area contributed by atoms with Gasteiger partial charge in [0, 0.05) is 29.6 Å². The van der Waals surface area contributed by atoms with E-state index in [0.717, 1.165) is 11.3 Å². The zero-order valence-electron chi connectivity index (χ0n) is 18.3. The van der Waals surface area contributed by atoms with Crippen LogP contribution in [-0.2, 0) is 11.3 Å². The fraction of sp³-hybridized carbons (Fsp3) is 0.167. The SMILES string of the molecule is O=C(CSc1nnc(-c2ccccc2)n1-c1ccccc1)NCc1cccnc1OCC(F)(F)F. The fourth-order valence-corrected chi connectivity index (χ4v) is 3.94. The topological polar surface area (TPSA) is 81.9 Å². The van der Waals surface area contributed by atoms with E-state index in [0.29, 0.717) is 16.5 Å². The third-order valence-electron chi connectivity index (χ3n) is 4.71. The number of alkyl halides is 3. The lowest BCUT2D eigenvalue weighted by molar-refractivity contribution is -0.154. The smallest absolute Gasteiger partial charge is 0.422 e. The van der Waals surface area contributed by atoms with Crippen LogP contribution in [0.3, 0.4) is 0 Å². The molecular formula is C24H20F3N5O2S. The summed E-state index contributed by atoms with van der Waals surface area (Å²) >= 11 is 1.20. The molecule has 0 aliphatic heterocycles. The van der Waals surface area contributed by atoms with Gasteiger partial charge in [-0.2, -0.15) is 13.2 Å². The van der Waals surface area contributed by atoms with Crippen LogP contribution in [0.25, 0.3) is 17.1 Å². The average Bonchev–Trinajstić information content (AvgIpc) is 3.30. The number of hydrogen-bond donors (Lipinski definition) is 1. The maximum atomic E-state index is 12.5. The van der Waals surface area contributed by atoms with Gasteiger partial charge in [-0.15, -0.1) is 10.2 Å².